The minimum Gasteiger partial charge on any atom is -0.489 e. The Hall–Kier alpha value is -1.84. The molecule has 0 saturated carbocycles. The van der Waals surface area contributed by atoms with E-state index in [9.17, 15) is 14.7 Å². The van der Waals surface area contributed by atoms with Crippen molar-refractivity contribution in [3.05, 3.63) is 33.3 Å². The molecule has 0 aromatic carbocycles. The summed E-state index contributed by atoms with van der Waals surface area (Å²) in [6, 6.07) is 0. The monoisotopic (exact) mass is 427 g/mol. The van der Waals surface area contributed by atoms with E-state index in [0.717, 1.165) is 30.7 Å². The number of carboxylic acid groups (broad SMARTS) is 1. The number of rotatable bonds is 2. The summed E-state index contributed by atoms with van der Waals surface area (Å²) in [5, 5.41) is 9.50. The molecule has 3 aliphatic heterocycles. The summed E-state index contributed by atoms with van der Waals surface area (Å²) in [5.74, 6) is -2.48. The number of ketones is 1. The Morgan fingerprint density at radius 1 is 1.29 bits per heavy atom. The Kier molecular flexibility index (Phi) is 4.79. The molecule has 5 aliphatic rings. The fourth-order valence-electron chi connectivity index (χ4n) is 4.53. The molecule has 0 bridgehead atoms. The van der Waals surface area contributed by atoms with Crippen LogP contribution in [-0.4, -0.2) is 72.2 Å². The first-order valence-electron chi connectivity index (χ1n) is 8.91. The smallest absolute Gasteiger partial charge is 0.340 e. The Balaban J connectivity index is 0.00000192. The van der Waals surface area contributed by atoms with Gasteiger partial charge in [-0.2, -0.15) is 0 Å². The lowest BCUT2D eigenvalue weighted by atomic mass is 9.71. The van der Waals surface area contributed by atoms with E-state index in [1.807, 2.05) is 11.9 Å². The quantitative estimate of drug-likeness (QED) is 0.531. The maximum absolute atomic E-state index is 15.6. The van der Waals surface area contributed by atoms with Crippen molar-refractivity contribution in [3.8, 4) is 0 Å². The summed E-state index contributed by atoms with van der Waals surface area (Å²) < 4.78 is 25.9. The molecule has 0 radical (unpaired) electrons. The largest absolute Gasteiger partial charge is 0.489 e. The first kappa shape index (κ1) is 19.5. The van der Waals surface area contributed by atoms with Crippen LogP contribution < -0.4 is 0 Å². The Labute approximate surface area is 171 Å². The second kappa shape index (κ2) is 6.89. The highest BCUT2D eigenvalue weighted by Gasteiger charge is 2.53. The highest BCUT2D eigenvalue weighted by molar-refractivity contribution is 8.02. The van der Waals surface area contributed by atoms with E-state index in [1.54, 1.807) is 0 Å². The van der Waals surface area contributed by atoms with Gasteiger partial charge in [-0.1, -0.05) is 0 Å². The van der Waals surface area contributed by atoms with Crippen molar-refractivity contribution in [1.29, 1.82) is 0 Å². The molecule has 2 atom stereocenters. The van der Waals surface area contributed by atoms with Gasteiger partial charge in [0, 0.05) is 55.4 Å². The summed E-state index contributed by atoms with van der Waals surface area (Å²) in [4.78, 5) is 28.6. The molecule has 1 N–H and O–H groups in total. The predicted octanol–water partition coefficient (Wildman–Crippen LogP) is 1.78. The number of nitrogens with zero attached hydrogens (tertiary/aromatic N) is 3. The van der Waals surface area contributed by atoms with Gasteiger partial charge in [-0.15, -0.1) is 12.4 Å². The van der Waals surface area contributed by atoms with E-state index in [2.05, 4.69) is 9.30 Å². The van der Waals surface area contributed by atoms with Crippen molar-refractivity contribution in [2.24, 2.45) is 16.2 Å². The average Bonchev–Trinajstić information content (AvgIpc) is 3.06. The summed E-state index contributed by atoms with van der Waals surface area (Å²) in [6.07, 6.45) is -0.198. The molecule has 2 unspecified atom stereocenters. The molecule has 0 aromatic heterocycles. The average molecular weight is 428 g/mol. The molecule has 7 nitrogen and oxygen atoms in total. The number of halogens is 2. The maximum atomic E-state index is 15.6. The van der Waals surface area contributed by atoms with Crippen LogP contribution in [-0.2, 0) is 14.3 Å². The second-order valence-corrected chi connectivity index (χ2v) is 8.21. The zero-order chi connectivity index (χ0) is 18.9. The topological polar surface area (TPSA) is 82.4 Å². The summed E-state index contributed by atoms with van der Waals surface area (Å²) in [7, 11) is 2.03. The zero-order valence-corrected chi connectivity index (χ0v) is 16.7. The van der Waals surface area contributed by atoms with E-state index < -0.39 is 23.5 Å². The molecule has 2 saturated heterocycles. The van der Waals surface area contributed by atoms with Crippen molar-refractivity contribution >= 4 is 41.8 Å². The highest BCUT2D eigenvalue weighted by atomic mass is 35.5. The molecule has 150 valence electrons. The number of Topliss-reactive ketones (excluding diaryl/α,β-unsaturated/α-hetero) is 1. The Morgan fingerprint density at radius 3 is 2.68 bits per heavy atom. The van der Waals surface area contributed by atoms with Gasteiger partial charge in [-0.3, -0.25) is 4.79 Å². The van der Waals surface area contributed by atoms with Crippen LogP contribution in [0, 0.1) is 11.8 Å². The van der Waals surface area contributed by atoms with Gasteiger partial charge in [-0.25, -0.2) is 13.6 Å². The summed E-state index contributed by atoms with van der Waals surface area (Å²) >= 11 is 0.985. The fraction of sp³-hybridized carbons (Fsp3) is 0.500. The number of allylic oxidation sites excluding steroid dienone is 4. The van der Waals surface area contributed by atoms with Crippen LogP contribution in [0.2, 0.25) is 0 Å². The van der Waals surface area contributed by atoms with Crippen molar-refractivity contribution in [2.45, 2.75) is 6.42 Å². The van der Waals surface area contributed by atoms with Crippen molar-refractivity contribution in [1.82, 2.24) is 9.80 Å². The number of hydrogen-bond acceptors (Lipinski definition) is 7. The van der Waals surface area contributed by atoms with Crippen LogP contribution >= 0.6 is 24.4 Å². The highest BCUT2D eigenvalue weighted by Crippen LogP contribution is 2.56. The minimum absolute atomic E-state index is 0. The van der Waals surface area contributed by atoms with Gasteiger partial charge in [0.1, 0.15) is 29.5 Å². The van der Waals surface area contributed by atoms with Gasteiger partial charge in [0.2, 0.25) is 0 Å². The Bertz CT molecular complexity index is 905. The van der Waals surface area contributed by atoms with Crippen LogP contribution in [0.25, 0.3) is 0 Å². The number of hydrogen-bond donors (Lipinski definition) is 1. The predicted molar refractivity (Wildman–Crippen MR) is 104 cm³/mol. The van der Waals surface area contributed by atoms with Crippen LogP contribution in [0.4, 0.5) is 4.39 Å². The van der Waals surface area contributed by atoms with Gasteiger partial charge in [0.25, 0.3) is 0 Å². The molecule has 0 aromatic rings. The second-order valence-electron chi connectivity index (χ2n) is 7.40. The number of likely N-dealkylation sites (N-methyl/N-ethyl adjacent to an activating group) is 1. The van der Waals surface area contributed by atoms with Crippen LogP contribution in [0.3, 0.4) is 0 Å². The minimum atomic E-state index is -1.27. The number of carboxylic acids is 1. The molecule has 0 amide bonds. The molecule has 0 spiro atoms. The van der Waals surface area contributed by atoms with Gasteiger partial charge in [-0.05, 0) is 12.6 Å². The van der Waals surface area contributed by atoms with E-state index in [0.29, 0.717) is 35.0 Å². The molecular formula is C18H19ClFN3O4S. The van der Waals surface area contributed by atoms with Gasteiger partial charge in [0.15, 0.2) is 5.78 Å². The lowest BCUT2D eigenvalue weighted by Gasteiger charge is -2.42. The number of ether oxygens (including phenoxy) is 1. The van der Waals surface area contributed by atoms with E-state index in [4.69, 9.17) is 4.74 Å². The van der Waals surface area contributed by atoms with Gasteiger partial charge >= 0.3 is 5.97 Å². The molecule has 3 heterocycles. The number of carbonyl (C=O) groups is 2. The van der Waals surface area contributed by atoms with Crippen molar-refractivity contribution < 1.29 is 23.8 Å². The fourth-order valence-corrected chi connectivity index (χ4v) is 5.60. The van der Waals surface area contributed by atoms with Crippen LogP contribution in [0.15, 0.2) is 37.7 Å². The molecule has 5 rings (SSSR count). The van der Waals surface area contributed by atoms with Crippen LogP contribution in [0.1, 0.15) is 6.42 Å². The molecule has 28 heavy (non-hydrogen) atoms. The molecular weight excluding hydrogens is 409 g/mol. The maximum Gasteiger partial charge on any atom is 0.340 e. The number of carbonyl (C=O) groups excluding carboxylic acids is 1. The third kappa shape index (κ3) is 2.63. The lowest BCUT2D eigenvalue weighted by molar-refractivity contribution is -0.134. The third-order valence-corrected chi connectivity index (χ3v) is 6.88. The van der Waals surface area contributed by atoms with Crippen LogP contribution in [0.5, 0.6) is 0 Å². The first-order chi connectivity index (χ1) is 13.0. The number of aliphatic carboxylic acids is 1. The summed E-state index contributed by atoms with van der Waals surface area (Å²) in [5.41, 5.74) is 1.36. The molecule has 10 heteroatoms. The van der Waals surface area contributed by atoms with Gasteiger partial charge in [0.05, 0.1) is 11.6 Å². The normalized spacial score (nSPS) is 29.4. The van der Waals surface area contributed by atoms with Gasteiger partial charge < -0.3 is 19.6 Å². The van der Waals surface area contributed by atoms with Crippen molar-refractivity contribution in [3.63, 3.8) is 0 Å². The van der Waals surface area contributed by atoms with E-state index in [1.165, 1.54) is 0 Å². The first-order valence-corrected chi connectivity index (χ1v) is 9.68. The number of piperazine rings is 1. The lowest BCUT2D eigenvalue weighted by Crippen LogP contribution is -2.46. The van der Waals surface area contributed by atoms with Crippen molar-refractivity contribution in [2.75, 3.05) is 39.8 Å². The summed E-state index contributed by atoms with van der Waals surface area (Å²) in [6.45, 7) is 3.27. The zero-order valence-electron chi connectivity index (χ0n) is 15.1. The SMILES string of the molecule is CN1CCN(C2=C3OCC4=NSC5=C(C(=O)O)C(=O)CC(=C2F)C5C43)CC1.Cl. The van der Waals surface area contributed by atoms with E-state index >= 15 is 4.39 Å². The standard InChI is InChI=1S/C18H18FN3O4S.ClH/c1-21-2-4-22(5-3-21)15-14(19)8-6-10(23)13(18(24)25)17-11(8)12-9(20-27-17)7-26-16(12)15;/h11-12H,2-7H2,1H3,(H,24,25);1H. The Morgan fingerprint density at radius 2 is 2.00 bits per heavy atom. The molecule has 2 aliphatic carbocycles. The molecule has 2 fully saturated rings. The van der Waals surface area contributed by atoms with E-state index in [-0.39, 0.29) is 36.9 Å². The third-order valence-electron chi connectivity index (χ3n) is 5.90.